The Kier molecular flexibility index (Phi) is 4.89. The minimum atomic E-state index is -0.485. The maximum Gasteiger partial charge on any atom is 0.347 e. The Balaban J connectivity index is 1.48. The zero-order valence-electron chi connectivity index (χ0n) is 14.9. The highest BCUT2D eigenvalue weighted by Crippen LogP contribution is 2.34. The fraction of sp³-hybridized carbons (Fsp3) is 0.368. The van der Waals surface area contributed by atoms with E-state index in [9.17, 15) is 18.8 Å². The van der Waals surface area contributed by atoms with Gasteiger partial charge in [-0.15, -0.1) is 0 Å². The van der Waals surface area contributed by atoms with E-state index in [1.165, 1.54) is 29.1 Å². The van der Waals surface area contributed by atoms with Gasteiger partial charge < -0.3 is 9.80 Å². The van der Waals surface area contributed by atoms with Gasteiger partial charge in [0, 0.05) is 36.9 Å². The van der Waals surface area contributed by atoms with E-state index in [2.05, 4.69) is 4.98 Å². The minimum Gasteiger partial charge on any atom is -0.335 e. The van der Waals surface area contributed by atoms with Gasteiger partial charge in [0.25, 0.3) is 0 Å². The summed E-state index contributed by atoms with van der Waals surface area (Å²) in [7, 11) is 0. The van der Waals surface area contributed by atoms with Crippen molar-refractivity contribution < 1.29 is 14.0 Å². The van der Waals surface area contributed by atoms with Crippen molar-refractivity contribution in [3.05, 3.63) is 63.5 Å². The molecule has 28 heavy (non-hydrogen) atoms. The minimum absolute atomic E-state index is 0.0635. The molecule has 2 fully saturated rings. The Bertz CT molecular complexity index is 995. The Hall–Kier alpha value is -2.74. The van der Waals surface area contributed by atoms with Crippen LogP contribution < -0.4 is 5.69 Å². The van der Waals surface area contributed by atoms with Gasteiger partial charge in [0.05, 0.1) is 12.1 Å². The van der Waals surface area contributed by atoms with Crippen LogP contribution in [-0.4, -0.2) is 49.8 Å². The van der Waals surface area contributed by atoms with E-state index in [1.54, 1.807) is 21.9 Å². The van der Waals surface area contributed by atoms with Crippen molar-refractivity contribution in [2.45, 2.75) is 38.0 Å². The second-order valence-electron chi connectivity index (χ2n) is 7.00. The number of halogens is 2. The third-order valence-corrected chi connectivity index (χ3v) is 5.73. The number of carbonyl (C=O) groups is 2. The molecule has 146 valence electrons. The Morgan fingerprint density at radius 3 is 2.86 bits per heavy atom. The molecule has 0 unspecified atom stereocenters. The molecule has 0 aliphatic carbocycles. The normalized spacial score (nSPS) is 21.3. The second-order valence-corrected chi connectivity index (χ2v) is 7.41. The summed E-state index contributed by atoms with van der Waals surface area (Å²) < 4.78 is 14.5. The summed E-state index contributed by atoms with van der Waals surface area (Å²) in [6.45, 7) is 0.696. The fourth-order valence-corrected chi connectivity index (χ4v) is 4.25. The Morgan fingerprint density at radius 2 is 2.11 bits per heavy atom. The van der Waals surface area contributed by atoms with Crippen molar-refractivity contribution in [2.24, 2.45) is 0 Å². The number of amides is 2. The lowest BCUT2D eigenvalue weighted by Gasteiger charge is -2.26. The van der Waals surface area contributed by atoms with Crippen LogP contribution in [0, 0.1) is 5.82 Å². The first kappa shape index (κ1) is 18.6. The molecule has 3 heterocycles. The summed E-state index contributed by atoms with van der Waals surface area (Å²) in [6.07, 6.45) is 3.78. The first-order valence-corrected chi connectivity index (χ1v) is 9.36. The van der Waals surface area contributed by atoms with Crippen LogP contribution in [0.3, 0.4) is 0 Å². The third-order valence-electron chi connectivity index (χ3n) is 5.38. The van der Waals surface area contributed by atoms with Gasteiger partial charge in [-0.2, -0.15) is 0 Å². The van der Waals surface area contributed by atoms with Crippen molar-refractivity contribution in [1.82, 2.24) is 19.4 Å². The number of hydrogen-bond acceptors (Lipinski definition) is 4. The molecule has 4 rings (SSSR count). The summed E-state index contributed by atoms with van der Waals surface area (Å²) in [5.41, 5.74) is 0.186. The number of carbonyl (C=O) groups excluding carboxylic acids is 2. The predicted octanol–water partition coefficient (Wildman–Crippen LogP) is 1.44. The standard InChI is InChI=1S/C19H18ClFN4O3/c20-14-8-13(21)3-2-12(14)10-25-15-4-7-24(16(15)9-17(25)26)18(27)11-23-6-1-5-22-19(23)28/h1-3,5-6,8,15-16H,4,7,9-11H2/t15-,16-/m0/s1. The van der Waals surface area contributed by atoms with Crippen molar-refractivity contribution >= 4 is 23.4 Å². The van der Waals surface area contributed by atoms with E-state index < -0.39 is 11.5 Å². The maximum atomic E-state index is 13.3. The van der Waals surface area contributed by atoms with Gasteiger partial charge in [-0.25, -0.2) is 14.2 Å². The molecule has 2 atom stereocenters. The number of hydrogen-bond donors (Lipinski definition) is 0. The van der Waals surface area contributed by atoms with E-state index in [0.29, 0.717) is 18.5 Å². The topological polar surface area (TPSA) is 75.5 Å². The number of benzene rings is 1. The van der Waals surface area contributed by atoms with Gasteiger partial charge in [-0.3, -0.25) is 14.2 Å². The monoisotopic (exact) mass is 404 g/mol. The quantitative estimate of drug-likeness (QED) is 0.772. The van der Waals surface area contributed by atoms with Gasteiger partial charge in [0.15, 0.2) is 0 Å². The van der Waals surface area contributed by atoms with Crippen molar-refractivity contribution in [3.63, 3.8) is 0 Å². The van der Waals surface area contributed by atoms with Crippen molar-refractivity contribution in [1.29, 1.82) is 0 Å². The van der Waals surface area contributed by atoms with Crippen LogP contribution in [0.25, 0.3) is 0 Å². The highest BCUT2D eigenvalue weighted by Gasteiger charge is 2.48. The van der Waals surface area contributed by atoms with E-state index in [1.807, 2.05) is 0 Å². The zero-order valence-corrected chi connectivity index (χ0v) is 15.7. The predicted molar refractivity (Wildman–Crippen MR) is 99.0 cm³/mol. The largest absolute Gasteiger partial charge is 0.347 e. The van der Waals surface area contributed by atoms with E-state index in [-0.39, 0.29) is 48.4 Å². The molecule has 2 aromatic rings. The molecule has 7 nitrogen and oxygen atoms in total. The number of nitrogens with zero attached hydrogens (tertiary/aromatic N) is 4. The molecule has 0 radical (unpaired) electrons. The van der Waals surface area contributed by atoms with Crippen LogP contribution >= 0.6 is 11.6 Å². The molecule has 0 bridgehead atoms. The molecule has 2 saturated heterocycles. The van der Waals surface area contributed by atoms with Crippen LogP contribution in [-0.2, 0) is 22.7 Å². The maximum absolute atomic E-state index is 13.3. The number of likely N-dealkylation sites (tertiary alicyclic amines) is 2. The first-order chi connectivity index (χ1) is 13.4. The van der Waals surface area contributed by atoms with Crippen molar-refractivity contribution in [2.75, 3.05) is 6.54 Å². The van der Waals surface area contributed by atoms with E-state index >= 15 is 0 Å². The average Bonchev–Trinajstić information content (AvgIpc) is 3.18. The number of aromatic nitrogens is 2. The van der Waals surface area contributed by atoms with Crippen LogP contribution in [0.2, 0.25) is 5.02 Å². The molecule has 2 aliphatic heterocycles. The highest BCUT2D eigenvalue weighted by atomic mass is 35.5. The molecule has 0 spiro atoms. The molecule has 9 heteroatoms. The number of rotatable bonds is 4. The lowest BCUT2D eigenvalue weighted by Crippen LogP contribution is -2.42. The summed E-state index contributed by atoms with van der Waals surface area (Å²) >= 11 is 6.10. The third kappa shape index (κ3) is 3.40. The summed E-state index contributed by atoms with van der Waals surface area (Å²) in [6, 6.07) is 5.37. The molecule has 0 saturated carbocycles. The number of fused-ring (bicyclic) bond motifs is 1. The van der Waals surface area contributed by atoms with Gasteiger partial charge in [-0.1, -0.05) is 17.7 Å². The Labute approximate surface area is 165 Å². The van der Waals surface area contributed by atoms with Gasteiger partial charge in [-0.05, 0) is 30.2 Å². The van der Waals surface area contributed by atoms with E-state index in [4.69, 9.17) is 11.6 Å². The molecule has 1 aromatic heterocycles. The lowest BCUT2D eigenvalue weighted by atomic mass is 10.1. The van der Waals surface area contributed by atoms with Gasteiger partial charge in [0.2, 0.25) is 11.8 Å². The highest BCUT2D eigenvalue weighted by molar-refractivity contribution is 6.31. The molecule has 0 N–H and O–H groups in total. The fourth-order valence-electron chi connectivity index (χ4n) is 4.02. The van der Waals surface area contributed by atoms with Gasteiger partial charge >= 0.3 is 5.69 Å². The van der Waals surface area contributed by atoms with Crippen molar-refractivity contribution in [3.8, 4) is 0 Å². The van der Waals surface area contributed by atoms with Crippen LogP contribution in [0.15, 0.2) is 41.5 Å². The first-order valence-electron chi connectivity index (χ1n) is 8.98. The molecule has 1 aromatic carbocycles. The van der Waals surface area contributed by atoms with Crippen LogP contribution in [0.1, 0.15) is 18.4 Å². The summed E-state index contributed by atoms with van der Waals surface area (Å²) in [5.74, 6) is -0.703. The lowest BCUT2D eigenvalue weighted by molar-refractivity contribution is -0.132. The summed E-state index contributed by atoms with van der Waals surface area (Å²) in [5, 5.41) is 0.276. The van der Waals surface area contributed by atoms with E-state index in [0.717, 1.165) is 0 Å². The van der Waals surface area contributed by atoms with Crippen LogP contribution in [0.4, 0.5) is 4.39 Å². The SMILES string of the molecule is O=C(Cn1cccnc1=O)N1CC[C@H]2[C@@H]1CC(=O)N2Cc1ccc(F)cc1Cl. The average molecular weight is 405 g/mol. The van der Waals surface area contributed by atoms with Crippen LogP contribution in [0.5, 0.6) is 0 Å². The molecular weight excluding hydrogens is 387 g/mol. The summed E-state index contributed by atoms with van der Waals surface area (Å²) in [4.78, 5) is 44.1. The smallest absolute Gasteiger partial charge is 0.335 e. The molecular formula is C19H18ClFN4O3. The molecule has 2 amide bonds. The Morgan fingerprint density at radius 1 is 1.29 bits per heavy atom. The molecule has 2 aliphatic rings. The second kappa shape index (κ2) is 7.35. The van der Waals surface area contributed by atoms with Gasteiger partial charge in [0.1, 0.15) is 12.4 Å². The zero-order chi connectivity index (χ0) is 19.8.